The van der Waals surface area contributed by atoms with Crippen LogP contribution in [0.15, 0.2) is 24.3 Å². The van der Waals surface area contributed by atoms with Crippen molar-refractivity contribution in [1.82, 2.24) is 13.5 Å². The van der Waals surface area contributed by atoms with E-state index in [1.165, 1.54) is 34.8 Å². The molecular formula is C15H22FN3O3S. The van der Waals surface area contributed by atoms with Gasteiger partial charge in [-0.3, -0.25) is 4.79 Å². The summed E-state index contributed by atoms with van der Waals surface area (Å²) in [7, 11) is -0.472. The molecule has 6 nitrogen and oxygen atoms in total. The summed E-state index contributed by atoms with van der Waals surface area (Å²) in [6.45, 7) is 1.52. The molecule has 2 rings (SSSR count). The second-order valence-electron chi connectivity index (χ2n) is 5.73. The molecule has 23 heavy (non-hydrogen) atoms. The Balaban J connectivity index is 1.99. The van der Waals surface area contributed by atoms with Gasteiger partial charge in [0, 0.05) is 40.3 Å². The van der Waals surface area contributed by atoms with Crippen LogP contribution in [0.2, 0.25) is 0 Å². The van der Waals surface area contributed by atoms with Crippen molar-refractivity contribution in [2.24, 2.45) is 0 Å². The fourth-order valence-electron chi connectivity index (χ4n) is 2.54. The summed E-state index contributed by atoms with van der Waals surface area (Å²) in [5.41, 5.74) is 0.622. The third kappa shape index (κ3) is 4.49. The molecule has 1 aromatic rings. The zero-order chi connectivity index (χ0) is 17.0. The maximum atomic E-state index is 13.2. The molecule has 1 aromatic carbocycles. The van der Waals surface area contributed by atoms with Crippen molar-refractivity contribution in [3.63, 3.8) is 0 Å². The van der Waals surface area contributed by atoms with Gasteiger partial charge < -0.3 is 4.90 Å². The molecule has 8 heteroatoms. The molecule has 0 bridgehead atoms. The molecule has 0 saturated carbocycles. The summed E-state index contributed by atoms with van der Waals surface area (Å²) >= 11 is 0. The molecule has 0 unspecified atom stereocenters. The quantitative estimate of drug-likeness (QED) is 0.809. The maximum Gasteiger partial charge on any atom is 0.281 e. The highest BCUT2D eigenvalue weighted by Gasteiger charge is 2.28. The molecule has 0 spiro atoms. The van der Waals surface area contributed by atoms with Crippen molar-refractivity contribution in [3.05, 3.63) is 35.6 Å². The van der Waals surface area contributed by atoms with Crippen molar-refractivity contribution < 1.29 is 17.6 Å². The SMILES string of the molecule is CN(C)S(=O)(=O)N1CCCN(C(=O)Cc2cccc(F)c2)CC1. The van der Waals surface area contributed by atoms with E-state index in [9.17, 15) is 17.6 Å². The first-order chi connectivity index (χ1) is 10.8. The van der Waals surface area contributed by atoms with Crippen LogP contribution in [0.3, 0.4) is 0 Å². The lowest BCUT2D eigenvalue weighted by Crippen LogP contribution is -2.42. The summed E-state index contributed by atoms with van der Waals surface area (Å²) in [6, 6.07) is 5.97. The highest BCUT2D eigenvalue weighted by molar-refractivity contribution is 7.86. The molecule has 0 aromatic heterocycles. The van der Waals surface area contributed by atoms with Crippen molar-refractivity contribution in [3.8, 4) is 0 Å². The molecule has 0 N–H and O–H groups in total. The van der Waals surface area contributed by atoms with E-state index in [0.29, 0.717) is 31.6 Å². The van der Waals surface area contributed by atoms with E-state index >= 15 is 0 Å². The van der Waals surface area contributed by atoms with Crippen LogP contribution in [0.1, 0.15) is 12.0 Å². The number of carbonyl (C=O) groups is 1. The number of hydrogen-bond acceptors (Lipinski definition) is 3. The highest BCUT2D eigenvalue weighted by Crippen LogP contribution is 2.12. The highest BCUT2D eigenvalue weighted by atomic mass is 32.2. The topological polar surface area (TPSA) is 60.9 Å². The predicted octanol–water partition coefficient (Wildman–Crippen LogP) is 0.709. The number of hydrogen-bond donors (Lipinski definition) is 0. The van der Waals surface area contributed by atoms with Crippen LogP contribution < -0.4 is 0 Å². The van der Waals surface area contributed by atoms with Crippen LogP contribution in [0, 0.1) is 5.82 Å². The van der Waals surface area contributed by atoms with Gasteiger partial charge in [-0.25, -0.2) is 4.39 Å². The first-order valence-corrected chi connectivity index (χ1v) is 8.90. The maximum absolute atomic E-state index is 13.2. The average molecular weight is 343 g/mol. The molecule has 1 aliphatic rings. The Morgan fingerprint density at radius 1 is 1.22 bits per heavy atom. The lowest BCUT2D eigenvalue weighted by Gasteiger charge is -2.24. The largest absolute Gasteiger partial charge is 0.341 e. The molecule has 1 saturated heterocycles. The van der Waals surface area contributed by atoms with E-state index in [1.807, 2.05) is 0 Å². The van der Waals surface area contributed by atoms with Gasteiger partial charge in [0.05, 0.1) is 6.42 Å². The van der Waals surface area contributed by atoms with E-state index < -0.39 is 10.2 Å². The Morgan fingerprint density at radius 3 is 2.61 bits per heavy atom. The van der Waals surface area contributed by atoms with Gasteiger partial charge in [0.1, 0.15) is 5.82 Å². The smallest absolute Gasteiger partial charge is 0.281 e. The Bertz CT molecular complexity index is 664. The van der Waals surface area contributed by atoms with Gasteiger partial charge in [0.2, 0.25) is 5.91 Å². The van der Waals surface area contributed by atoms with E-state index in [4.69, 9.17) is 0 Å². The predicted molar refractivity (Wildman–Crippen MR) is 85.5 cm³/mol. The third-order valence-corrected chi connectivity index (χ3v) is 5.78. The summed E-state index contributed by atoms with van der Waals surface area (Å²) < 4.78 is 40.0. The Hall–Kier alpha value is -1.51. The fraction of sp³-hybridized carbons (Fsp3) is 0.533. The molecular weight excluding hydrogens is 321 g/mol. The van der Waals surface area contributed by atoms with Crippen LogP contribution in [0.5, 0.6) is 0 Å². The van der Waals surface area contributed by atoms with Gasteiger partial charge in [0.25, 0.3) is 10.2 Å². The molecule has 128 valence electrons. The number of amides is 1. The summed E-state index contributed by atoms with van der Waals surface area (Å²) in [5, 5.41) is 0. The van der Waals surface area contributed by atoms with Crippen molar-refractivity contribution in [2.75, 3.05) is 40.3 Å². The zero-order valence-electron chi connectivity index (χ0n) is 13.4. The number of rotatable bonds is 4. The van der Waals surface area contributed by atoms with Gasteiger partial charge in [-0.1, -0.05) is 12.1 Å². The second-order valence-corrected chi connectivity index (χ2v) is 7.87. The molecule has 0 radical (unpaired) electrons. The van der Waals surface area contributed by atoms with Gasteiger partial charge in [-0.05, 0) is 24.1 Å². The number of halogens is 1. The summed E-state index contributed by atoms with van der Waals surface area (Å²) in [5.74, 6) is -0.478. The molecule has 1 amide bonds. The lowest BCUT2D eigenvalue weighted by atomic mass is 10.1. The van der Waals surface area contributed by atoms with Gasteiger partial charge in [-0.2, -0.15) is 17.0 Å². The fourth-order valence-corrected chi connectivity index (χ4v) is 3.67. The minimum atomic E-state index is -3.46. The van der Waals surface area contributed by atoms with Crippen LogP contribution in [-0.2, 0) is 21.4 Å². The van der Waals surface area contributed by atoms with E-state index in [0.717, 1.165) is 0 Å². The van der Waals surface area contributed by atoms with Gasteiger partial charge >= 0.3 is 0 Å². The van der Waals surface area contributed by atoms with Gasteiger partial charge in [0.15, 0.2) is 0 Å². The van der Waals surface area contributed by atoms with Crippen LogP contribution in [0.4, 0.5) is 4.39 Å². The monoisotopic (exact) mass is 343 g/mol. The molecule has 1 aliphatic heterocycles. The third-order valence-electron chi connectivity index (χ3n) is 3.84. The number of nitrogens with zero attached hydrogens (tertiary/aromatic N) is 3. The van der Waals surface area contributed by atoms with Gasteiger partial charge in [-0.15, -0.1) is 0 Å². The first kappa shape index (κ1) is 17.8. The first-order valence-electron chi connectivity index (χ1n) is 7.50. The van der Waals surface area contributed by atoms with Crippen LogP contribution >= 0.6 is 0 Å². The zero-order valence-corrected chi connectivity index (χ0v) is 14.2. The normalized spacial score (nSPS) is 17.3. The molecule has 1 fully saturated rings. The molecule has 1 heterocycles. The Morgan fingerprint density at radius 2 is 1.96 bits per heavy atom. The second kappa shape index (κ2) is 7.37. The molecule has 0 atom stereocenters. The van der Waals surface area contributed by atoms with Crippen molar-refractivity contribution >= 4 is 16.1 Å². The number of carbonyl (C=O) groups excluding carboxylic acids is 1. The van der Waals surface area contributed by atoms with E-state index in [2.05, 4.69) is 0 Å². The lowest BCUT2D eigenvalue weighted by molar-refractivity contribution is -0.130. The van der Waals surface area contributed by atoms with E-state index in [1.54, 1.807) is 17.0 Å². The Kier molecular flexibility index (Phi) is 5.72. The minimum Gasteiger partial charge on any atom is -0.341 e. The minimum absolute atomic E-state index is 0.111. The summed E-state index contributed by atoms with van der Waals surface area (Å²) in [6.07, 6.45) is 0.708. The summed E-state index contributed by atoms with van der Waals surface area (Å²) in [4.78, 5) is 14.0. The van der Waals surface area contributed by atoms with Crippen molar-refractivity contribution in [1.29, 1.82) is 0 Å². The van der Waals surface area contributed by atoms with Crippen molar-refractivity contribution in [2.45, 2.75) is 12.8 Å². The number of benzene rings is 1. The molecule has 0 aliphatic carbocycles. The van der Waals surface area contributed by atoms with Crippen LogP contribution in [0.25, 0.3) is 0 Å². The van der Waals surface area contributed by atoms with E-state index in [-0.39, 0.29) is 24.7 Å². The van der Waals surface area contributed by atoms with Crippen LogP contribution in [-0.4, -0.2) is 68.1 Å². The Labute approximate surface area is 136 Å². The standard InChI is InChI=1S/C15H22FN3O3S/c1-17(2)23(21,22)19-8-4-7-18(9-10-19)15(20)12-13-5-3-6-14(16)11-13/h3,5-6,11H,4,7-10,12H2,1-2H3. The average Bonchev–Trinajstić information content (AvgIpc) is 2.73.